The number of nitrogens with zero attached hydrogens (tertiary/aromatic N) is 2. The Bertz CT molecular complexity index is 1110. The summed E-state index contributed by atoms with van der Waals surface area (Å²) in [4.78, 5) is 28.9. The zero-order chi connectivity index (χ0) is 25.6. The normalized spacial score (nSPS) is 15.2. The molecule has 0 bridgehead atoms. The molecular formula is C19H13Cl2F7LiN2O4S-. The van der Waals surface area contributed by atoms with Crippen LogP contribution in [-0.2, 0) is 10.4 Å². The summed E-state index contributed by atoms with van der Waals surface area (Å²) in [5, 5.41) is 7.19. The number of halogens is 9. The van der Waals surface area contributed by atoms with Crippen LogP contribution in [0.4, 0.5) is 30.7 Å². The Labute approximate surface area is 224 Å². The molecule has 1 saturated heterocycles. The van der Waals surface area contributed by atoms with Gasteiger partial charge in [-0.25, -0.2) is 10.7 Å². The number of carbonyl (C=O) groups excluding carboxylic acids is 2. The Morgan fingerprint density at radius 3 is 2.08 bits per heavy atom. The van der Waals surface area contributed by atoms with Gasteiger partial charge in [-0.2, -0.15) is 26.3 Å². The molecular weight excluding hydrogens is 563 g/mol. The van der Waals surface area contributed by atoms with Crippen molar-refractivity contribution < 1.29 is 69.8 Å². The molecule has 0 aliphatic carbocycles. The van der Waals surface area contributed by atoms with Gasteiger partial charge in [0, 0.05) is 24.2 Å². The van der Waals surface area contributed by atoms with Crippen LogP contribution in [0.5, 0.6) is 0 Å². The second-order valence-corrected chi connectivity index (χ2v) is 9.02. The van der Waals surface area contributed by atoms with Crippen LogP contribution in [0.1, 0.15) is 33.9 Å². The molecule has 2 aromatic rings. The number of amides is 1. The topological polar surface area (TPSA) is 100 Å². The van der Waals surface area contributed by atoms with E-state index >= 15 is 0 Å². The van der Waals surface area contributed by atoms with Crippen molar-refractivity contribution in [1.29, 1.82) is 0 Å². The Balaban J connectivity index is 0.00000324. The molecule has 36 heavy (non-hydrogen) atoms. The predicted molar refractivity (Wildman–Crippen MR) is 110 cm³/mol. The molecule has 3 rings (SSSR count). The van der Waals surface area contributed by atoms with Gasteiger partial charge in [0.15, 0.2) is 0 Å². The van der Waals surface area contributed by atoms with E-state index in [2.05, 4.69) is 4.98 Å². The molecule has 0 radical (unpaired) electrons. The maximum absolute atomic E-state index is 13.4. The minimum Gasteiger partial charge on any atom is -0.870 e. The van der Waals surface area contributed by atoms with Crippen molar-refractivity contribution in [3.63, 3.8) is 0 Å². The zero-order valence-corrected chi connectivity index (χ0v) is 20.3. The molecule has 2 heterocycles. The molecule has 0 saturated carbocycles. The molecule has 2 N–H and O–H groups in total. The molecule has 1 fully saturated rings. The van der Waals surface area contributed by atoms with Gasteiger partial charge in [-0.05, 0) is 17.8 Å². The number of carbonyl (C=O) groups is 1. The van der Waals surface area contributed by atoms with Gasteiger partial charge in [-0.1, -0.05) is 35.3 Å². The van der Waals surface area contributed by atoms with Crippen LogP contribution >= 0.6 is 34.5 Å². The fourth-order valence-corrected chi connectivity index (χ4v) is 4.86. The molecule has 1 amide bonds. The molecule has 0 spiro atoms. The van der Waals surface area contributed by atoms with Gasteiger partial charge in [0.1, 0.15) is 11.9 Å². The molecule has 0 unspecified atom stereocenters. The molecule has 1 aromatic heterocycles. The van der Waals surface area contributed by atoms with E-state index in [4.69, 9.17) is 23.2 Å². The van der Waals surface area contributed by atoms with Gasteiger partial charge in [0.25, 0.3) is 11.5 Å². The molecule has 194 valence electrons. The summed E-state index contributed by atoms with van der Waals surface area (Å²) in [6.07, 6.45) is -12.0. The number of aromatic nitrogens is 1. The molecule has 1 aromatic carbocycles. The van der Waals surface area contributed by atoms with Crippen molar-refractivity contribution in [2.45, 2.75) is 37.0 Å². The molecule has 1 aliphatic heterocycles. The first-order valence-electron chi connectivity index (χ1n) is 9.30. The van der Waals surface area contributed by atoms with E-state index in [0.29, 0.717) is 17.4 Å². The Hall–Kier alpha value is -1.40. The number of benzene rings is 1. The average molecular weight is 576 g/mol. The van der Waals surface area contributed by atoms with Gasteiger partial charge >= 0.3 is 31.2 Å². The zero-order valence-electron chi connectivity index (χ0n) is 18.0. The third kappa shape index (κ3) is 5.69. The van der Waals surface area contributed by atoms with Crippen LogP contribution in [0.15, 0.2) is 12.1 Å². The standard InChI is InChI=1S/C19H12Cl2F7N2O3S.Li.H2O/c20-12-9(1-2-10(13(12)21)17(33,18(23,24)25)19(26,27)28)15-14(29-11(7-31)34-15)16(32)30-5-3-8(22)4-6-30;;/h1-2,8,33H,3-6H2;;1H2/q-1;+1;/p-1. The summed E-state index contributed by atoms with van der Waals surface area (Å²) in [7, 11) is 0. The Morgan fingerprint density at radius 2 is 1.61 bits per heavy atom. The van der Waals surface area contributed by atoms with Crippen molar-refractivity contribution in [1.82, 2.24) is 9.88 Å². The first-order chi connectivity index (χ1) is 15.6. The van der Waals surface area contributed by atoms with E-state index in [0.717, 1.165) is 0 Å². The van der Waals surface area contributed by atoms with Gasteiger partial charge in [-0.15, -0.1) is 11.3 Å². The summed E-state index contributed by atoms with van der Waals surface area (Å²) in [6, 6.07) is 0.968. The number of piperidine rings is 1. The molecule has 6 nitrogen and oxygen atoms in total. The predicted octanol–water partition coefficient (Wildman–Crippen LogP) is 2.29. The van der Waals surface area contributed by atoms with Crippen LogP contribution in [-0.4, -0.2) is 64.3 Å². The van der Waals surface area contributed by atoms with E-state index in [1.54, 1.807) is 0 Å². The van der Waals surface area contributed by atoms with Gasteiger partial charge in [0.05, 0.1) is 14.9 Å². The van der Waals surface area contributed by atoms with Crippen molar-refractivity contribution in [2.75, 3.05) is 13.1 Å². The number of rotatable bonds is 4. The second kappa shape index (κ2) is 11.5. The van der Waals surface area contributed by atoms with Gasteiger partial charge in [-0.3, -0.25) is 9.78 Å². The van der Waals surface area contributed by atoms with Crippen LogP contribution in [0.2, 0.25) is 10.0 Å². The van der Waals surface area contributed by atoms with Crippen molar-refractivity contribution >= 4 is 46.7 Å². The van der Waals surface area contributed by atoms with E-state index in [-0.39, 0.29) is 77.5 Å². The smallest absolute Gasteiger partial charge is 0.870 e. The maximum Gasteiger partial charge on any atom is 1.00 e. The second-order valence-electron chi connectivity index (χ2n) is 7.26. The Morgan fingerprint density at radius 1 is 1.08 bits per heavy atom. The van der Waals surface area contributed by atoms with Crippen molar-refractivity contribution in [2.24, 2.45) is 0 Å². The summed E-state index contributed by atoms with van der Waals surface area (Å²) >= 11 is 12.3. The summed E-state index contributed by atoms with van der Waals surface area (Å²) in [5.41, 5.74) is -7.78. The third-order valence-corrected chi connectivity index (χ3v) is 7.03. The van der Waals surface area contributed by atoms with E-state index in [1.165, 1.54) is 11.2 Å². The van der Waals surface area contributed by atoms with E-state index < -0.39 is 45.6 Å². The van der Waals surface area contributed by atoms with Crippen LogP contribution in [0.25, 0.3) is 10.4 Å². The Kier molecular flexibility index (Phi) is 10.5. The first-order valence-corrected chi connectivity index (χ1v) is 10.9. The number of thiazole rings is 1. The minimum absolute atomic E-state index is 0. The fourth-order valence-electron chi connectivity index (χ4n) is 3.36. The van der Waals surface area contributed by atoms with E-state index in [1.807, 2.05) is 0 Å². The quantitative estimate of drug-likeness (QED) is 0.342. The maximum atomic E-state index is 13.4. The monoisotopic (exact) mass is 575 g/mol. The number of hydrogen-bond acceptors (Lipinski definition) is 6. The van der Waals surface area contributed by atoms with Gasteiger partial charge < -0.3 is 20.3 Å². The number of alkyl halides is 7. The number of aliphatic hydroxyl groups is 1. The average Bonchev–Trinajstić information content (AvgIpc) is 3.17. The van der Waals surface area contributed by atoms with Crippen molar-refractivity contribution in [3.05, 3.63) is 38.4 Å². The first kappa shape index (κ1) is 32.6. The number of hydrogen-bond donors (Lipinski definition) is 1. The molecule has 17 heteroatoms. The summed E-state index contributed by atoms with van der Waals surface area (Å²) < 4.78 is 93.1. The third-order valence-electron chi connectivity index (χ3n) is 5.17. The van der Waals surface area contributed by atoms with E-state index in [9.17, 15) is 45.4 Å². The van der Waals surface area contributed by atoms with Crippen molar-refractivity contribution in [3.8, 4) is 10.4 Å². The largest absolute Gasteiger partial charge is 1.00 e. The minimum atomic E-state index is -6.20. The summed E-state index contributed by atoms with van der Waals surface area (Å²) in [5.74, 6) is -0.752. The fraction of sp³-hybridized carbons (Fsp3) is 0.421. The number of likely N-dealkylation sites (tertiary alicyclic amines) is 1. The summed E-state index contributed by atoms with van der Waals surface area (Å²) in [6.45, 7) is 0.0451. The SMILES string of the molecule is O=[C-]c1nc(C(=O)N2CCC(F)CC2)c(-c2ccc(C(O)(C(F)(F)F)C(F)(F)F)c(Cl)c2Cl)s1.[Li+].[OH-]. The van der Waals surface area contributed by atoms with Crippen LogP contribution in [0, 0.1) is 0 Å². The van der Waals surface area contributed by atoms with Crippen LogP contribution in [0.3, 0.4) is 0 Å². The van der Waals surface area contributed by atoms with Gasteiger partial charge in [0.2, 0.25) is 0 Å². The van der Waals surface area contributed by atoms with Crippen LogP contribution < -0.4 is 18.9 Å². The molecule has 0 atom stereocenters. The molecule has 1 aliphatic rings.